The number of alkyl halides is 2. The second-order valence-electron chi connectivity index (χ2n) is 3.70. The number of carbonyl (C=O) groups is 2. The molecule has 0 saturated carbocycles. The van der Waals surface area contributed by atoms with Gasteiger partial charge in [-0.1, -0.05) is 11.6 Å². The van der Waals surface area contributed by atoms with Gasteiger partial charge in [-0.25, -0.2) is 18.4 Å². The van der Waals surface area contributed by atoms with Crippen molar-refractivity contribution >= 4 is 29.3 Å². The molecule has 0 saturated heterocycles. The molecule has 0 heterocycles. The summed E-state index contributed by atoms with van der Waals surface area (Å²) in [7, 11) is 1.18. The van der Waals surface area contributed by atoms with Crippen LogP contribution in [0.25, 0.3) is 0 Å². The number of benzene rings is 1. The molecule has 0 aromatic heterocycles. The maximum Gasteiger partial charge on any atom is 0.337 e. The highest BCUT2D eigenvalue weighted by Crippen LogP contribution is 2.21. The maximum atomic E-state index is 12.1. The van der Waals surface area contributed by atoms with Crippen molar-refractivity contribution in [2.75, 3.05) is 18.9 Å². The molecule has 0 aliphatic rings. The van der Waals surface area contributed by atoms with Gasteiger partial charge in [0.1, 0.15) is 0 Å². The summed E-state index contributed by atoms with van der Waals surface area (Å²) in [5.74, 6) is -1.28. The normalized spacial score (nSPS) is 10.4. The van der Waals surface area contributed by atoms with E-state index in [2.05, 4.69) is 5.32 Å². The summed E-state index contributed by atoms with van der Waals surface area (Å²) in [4.78, 5) is 23.3. The molecular formula is C11H11ClF2N2O3. The molecule has 0 radical (unpaired) electrons. The van der Waals surface area contributed by atoms with E-state index in [0.717, 1.165) is 11.0 Å². The predicted octanol–water partition coefficient (Wildman–Crippen LogP) is 2.77. The molecule has 0 fully saturated rings. The van der Waals surface area contributed by atoms with Crippen molar-refractivity contribution in [3.8, 4) is 0 Å². The van der Waals surface area contributed by atoms with Crippen LogP contribution in [0.4, 0.5) is 19.3 Å². The monoisotopic (exact) mass is 292 g/mol. The fourth-order valence-electron chi connectivity index (χ4n) is 1.30. The van der Waals surface area contributed by atoms with Crippen LogP contribution in [0.15, 0.2) is 18.2 Å². The fourth-order valence-corrected chi connectivity index (χ4v) is 1.48. The van der Waals surface area contributed by atoms with E-state index in [1.807, 2.05) is 0 Å². The van der Waals surface area contributed by atoms with Crippen LogP contribution in [0.1, 0.15) is 10.4 Å². The van der Waals surface area contributed by atoms with Crippen LogP contribution in [-0.2, 0) is 0 Å². The van der Waals surface area contributed by atoms with Gasteiger partial charge in [-0.15, -0.1) is 0 Å². The average molecular weight is 293 g/mol. The Balaban J connectivity index is 2.87. The lowest BCUT2D eigenvalue weighted by Crippen LogP contribution is -2.35. The third-order valence-corrected chi connectivity index (χ3v) is 2.45. The lowest BCUT2D eigenvalue weighted by molar-refractivity contribution is 0.0698. The Hall–Kier alpha value is -1.89. The van der Waals surface area contributed by atoms with Gasteiger partial charge in [0, 0.05) is 12.1 Å². The van der Waals surface area contributed by atoms with Crippen LogP contribution in [0.5, 0.6) is 0 Å². The number of urea groups is 1. The molecule has 2 N–H and O–H groups in total. The number of carboxylic acid groups (broad SMARTS) is 1. The highest BCUT2D eigenvalue weighted by Gasteiger charge is 2.17. The number of nitrogens with zero attached hydrogens (tertiary/aromatic N) is 1. The molecule has 0 aliphatic heterocycles. The second kappa shape index (κ2) is 6.33. The van der Waals surface area contributed by atoms with E-state index in [-0.39, 0.29) is 16.3 Å². The largest absolute Gasteiger partial charge is 0.478 e. The molecule has 19 heavy (non-hydrogen) atoms. The van der Waals surface area contributed by atoms with E-state index in [1.54, 1.807) is 0 Å². The Morgan fingerprint density at radius 3 is 2.63 bits per heavy atom. The minimum atomic E-state index is -2.67. The van der Waals surface area contributed by atoms with E-state index in [0.29, 0.717) is 0 Å². The highest BCUT2D eigenvalue weighted by molar-refractivity contribution is 6.31. The third-order valence-electron chi connectivity index (χ3n) is 2.21. The SMILES string of the molecule is CN(CC(F)F)C(=O)Nc1ccc(Cl)cc1C(=O)O. The van der Waals surface area contributed by atoms with E-state index < -0.39 is 25.0 Å². The van der Waals surface area contributed by atoms with Crippen molar-refractivity contribution in [1.82, 2.24) is 4.90 Å². The molecule has 0 atom stereocenters. The van der Waals surface area contributed by atoms with E-state index in [1.165, 1.54) is 19.2 Å². The number of halogens is 3. The van der Waals surface area contributed by atoms with Crippen LogP contribution in [-0.4, -0.2) is 42.0 Å². The number of carbonyl (C=O) groups excluding carboxylic acids is 1. The first-order valence-electron chi connectivity index (χ1n) is 5.14. The average Bonchev–Trinajstić information content (AvgIpc) is 2.30. The molecule has 0 spiro atoms. The van der Waals surface area contributed by atoms with E-state index >= 15 is 0 Å². The summed E-state index contributed by atoms with van der Waals surface area (Å²) in [5, 5.41) is 11.4. The van der Waals surface area contributed by atoms with Gasteiger partial charge in [0.05, 0.1) is 17.8 Å². The number of rotatable bonds is 4. The molecule has 1 aromatic carbocycles. The number of hydrogen-bond donors (Lipinski definition) is 2. The zero-order valence-corrected chi connectivity index (χ0v) is 10.6. The highest BCUT2D eigenvalue weighted by atomic mass is 35.5. The number of aromatic carboxylic acids is 1. The molecule has 104 valence electrons. The summed E-state index contributed by atoms with van der Waals surface area (Å²) in [5.41, 5.74) is -0.227. The van der Waals surface area contributed by atoms with Crippen LogP contribution in [0, 0.1) is 0 Å². The molecule has 8 heteroatoms. The van der Waals surface area contributed by atoms with Gasteiger partial charge in [0.2, 0.25) is 0 Å². The smallest absolute Gasteiger partial charge is 0.337 e. The van der Waals surface area contributed by atoms with Gasteiger partial charge in [-0.2, -0.15) is 0 Å². The topological polar surface area (TPSA) is 69.6 Å². The quantitative estimate of drug-likeness (QED) is 0.896. The zero-order chi connectivity index (χ0) is 14.6. The first-order chi connectivity index (χ1) is 8.81. The van der Waals surface area contributed by atoms with Crippen LogP contribution < -0.4 is 5.32 Å². The molecule has 1 aromatic rings. The summed E-state index contributed by atoms with van der Waals surface area (Å²) in [6.45, 7) is -0.748. The second-order valence-corrected chi connectivity index (χ2v) is 4.13. The Morgan fingerprint density at radius 2 is 2.11 bits per heavy atom. The van der Waals surface area contributed by atoms with Crippen LogP contribution in [0.2, 0.25) is 5.02 Å². The minimum absolute atomic E-state index is 0.0111. The molecule has 0 bridgehead atoms. The molecule has 1 rings (SSSR count). The number of anilines is 1. The Kier molecular flexibility index (Phi) is 5.05. The van der Waals surface area contributed by atoms with Crippen molar-refractivity contribution < 1.29 is 23.5 Å². The van der Waals surface area contributed by atoms with Gasteiger partial charge < -0.3 is 15.3 Å². The first kappa shape index (κ1) is 15.2. The third kappa shape index (κ3) is 4.36. The van der Waals surface area contributed by atoms with Crippen molar-refractivity contribution in [1.29, 1.82) is 0 Å². The van der Waals surface area contributed by atoms with Crippen molar-refractivity contribution in [2.24, 2.45) is 0 Å². The Labute approximate surface area is 112 Å². The van der Waals surface area contributed by atoms with Gasteiger partial charge in [0.25, 0.3) is 6.43 Å². The van der Waals surface area contributed by atoms with Gasteiger partial charge in [-0.05, 0) is 18.2 Å². The van der Waals surface area contributed by atoms with Crippen molar-refractivity contribution in [3.63, 3.8) is 0 Å². The van der Waals surface area contributed by atoms with Crippen LogP contribution >= 0.6 is 11.6 Å². The summed E-state index contributed by atoms with van der Waals surface area (Å²) < 4.78 is 24.2. The number of nitrogens with one attached hydrogen (secondary N) is 1. The Bertz CT molecular complexity index is 497. The molecule has 2 amide bonds. The standard InChI is InChI=1S/C11H11ClF2N2O3/c1-16(5-9(13)14)11(19)15-8-3-2-6(12)4-7(8)10(17)18/h2-4,9H,5H2,1H3,(H,15,19)(H,17,18). The molecule has 5 nitrogen and oxygen atoms in total. The lowest BCUT2D eigenvalue weighted by Gasteiger charge is -2.18. The summed E-state index contributed by atoms with van der Waals surface area (Å²) >= 11 is 5.64. The fraction of sp³-hybridized carbons (Fsp3) is 0.273. The summed E-state index contributed by atoms with van der Waals surface area (Å²) in [6, 6.07) is 3.01. The predicted molar refractivity (Wildman–Crippen MR) is 66.1 cm³/mol. The maximum absolute atomic E-state index is 12.1. The van der Waals surface area contributed by atoms with Crippen molar-refractivity contribution in [2.45, 2.75) is 6.43 Å². The van der Waals surface area contributed by atoms with Gasteiger partial charge >= 0.3 is 12.0 Å². The number of amides is 2. The number of hydrogen-bond acceptors (Lipinski definition) is 2. The van der Waals surface area contributed by atoms with Gasteiger partial charge in [-0.3, -0.25) is 0 Å². The molecular weight excluding hydrogens is 282 g/mol. The first-order valence-corrected chi connectivity index (χ1v) is 5.52. The minimum Gasteiger partial charge on any atom is -0.478 e. The van der Waals surface area contributed by atoms with E-state index in [4.69, 9.17) is 16.7 Å². The van der Waals surface area contributed by atoms with E-state index in [9.17, 15) is 18.4 Å². The van der Waals surface area contributed by atoms with Crippen molar-refractivity contribution in [3.05, 3.63) is 28.8 Å². The van der Waals surface area contributed by atoms with Crippen LogP contribution in [0.3, 0.4) is 0 Å². The van der Waals surface area contributed by atoms with Gasteiger partial charge in [0.15, 0.2) is 0 Å². The molecule has 0 unspecified atom stereocenters. The lowest BCUT2D eigenvalue weighted by atomic mass is 10.2. The summed E-state index contributed by atoms with van der Waals surface area (Å²) in [6.07, 6.45) is -2.67. The molecule has 0 aliphatic carbocycles. The zero-order valence-electron chi connectivity index (χ0n) is 9.86. The number of carboxylic acids is 1. The Morgan fingerprint density at radius 1 is 1.47 bits per heavy atom.